The van der Waals surface area contributed by atoms with Crippen molar-refractivity contribution in [3.8, 4) is 22.5 Å². The average molecular weight is 852 g/mol. The molecule has 1 N–H and O–H groups in total. The predicted molar refractivity (Wildman–Crippen MR) is 207 cm³/mol. The van der Waals surface area contributed by atoms with Crippen molar-refractivity contribution in [2.75, 3.05) is 0 Å². The van der Waals surface area contributed by atoms with Crippen LogP contribution < -0.4 is 0 Å². The van der Waals surface area contributed by atoms with Crippen molar-refractivity contribution in [3.05, 3.63) is 95.0 Å². The Morgan fingerprint density at radius 3 is 2.12 bits per heavy atom. The molecule has 1 aliphatic carbocycles. The van der Waals surface area contributed by atoms with Crippen LogP contribution in [0.4, 0.5) is 0 Å². The first kappa shape index (κ1) is 41.3. The summed E-state index contributed by atoms with van der Waals surface area (Å²) < 4.78 is 0. The number of aryl methyl sites for hydroxylation is 1. The van der Waals surface area contributed by atoms with Crippen LogP contribution in [0.25, 0.3) is 33.3 Å². The molecule has 2 aromatic carbocycles. The second-order valence-corrected chi connectivity index (χ2v) is 16.0. The van der Waals surface area contributed by atoms with Gasteiger partial charge in [-0.1, -0.05) is 111 Å². The van der Waals surface area contributed by atoms with Crippen molar-refractivity contribution in [2.45, 2.75) is 127 Å². The van der Waals surface area contributed by atoms with E-state index in [0.717, 1.165) is 67.3 Å². The molecule has 0 atom stereocenters. The molecule has 0 bridgehead atoms. The van der Waals surface area contributed by atoms with Crippen LogP contribution in [0.5, 0.6) is 0 Å². The van der Waals surface area contributed by atoms with E-state index in [-0.39, 0.29) is 47.9 Å². The number of aromatic nitrogens is 2. The van der Waals surface area contributed by atoms with Crippen molar-refractivity contribution in [1.29, 1.82) is 0 Å². The van der Waals surface area contributed by atoms with E-state index in [0.29, 0.717) is 5.92 Å². The van der Waals surface area contributed by atoms with Gasteiger partial charge in [0.25, 0.3) is 0 Å². The van der Waals surface area contributed by atoms with Crippen molar-refractivity contribution in [2.24, 2.45) is 16.7 Å². The summed E-state index contributed by atoms with van der Waals surface area (Å²) in [5.74, 6) is 0.927. The third-order valence-electron chi connectivity index (χ3n) is 11.1. The number of rotatable bonds is 10. The molecule has 5 rings (SSSR count). The van der Waals surface area contributed by atoms with Gasteiger partial charge in [-0.3, -0.25) is 14.8 Å². The number of allylic oxidation sites excluding steroid dienone is 2. The van der Waals surface area contributed by atoms with Crippen molar-refractivity contribution >= 4 is 16.6 Å². The van der Waals surface area contributed by atoms with Crippen LogP contribution in [0.1, 0.15) is 124 Å². The van der Waals surface area contributed by atoms with Crippen molar-refractivity contribution in [3.63, 3.8) is 0 Å². The molecule has 0 saturated carbocycles. The number of fused-ring (bicyclic) bond motifs is 4. The van der Waals surface area contributed by atoms with E-state index in [2.05, 4.69) is 89.3 Å². The number of benzene rings is 2. The minimum atomic E-state index is -0.337. The summed E-state index contributed by atoms with van der Waals surface area (Å²) in [4.78, 5) is 22.0. The number of pyridine rings is 2. The van der Waals surface area contributed by atoms with E-state index in [1.807, 2.05) is 47.7 Å². The fraction of sp³-hybridized carbons (Fsp3) is 0.489. The summed E-state index contributed by atoms with van der Waals surface area (Å²) in [6.07, 6.45) is 11.8. The third-order valence-corrected chi connectivity index (χ3v) is 11.1. The van der Waals surface area contributed by atoms with Crippen LogP contribution in [0, 0.1) is 22.8 Å². The van der Waals surface area contributed by atoms with Gasteiger partial charge in [-0.05, 0) is 84.6 Å². The molecule has 50 heavy (non-hydrogen) atoms. The summed E-state index contributed by atoms with van der Waals surface area (Å²) in [6, 6.07) is 19.1. The zero-order valence-electron chi connectivity index (χ0n) is 32.4. The first-order chi connectivity index (χ1) is 23.1. The molecule has 0 aliphatic heterocycles. The van der Waals surface area contributed by atoms with Gasteiger partial charge in [0, 0.05) is 55.1 Å². The number of nitrogens with zero attached hydrogens (tertiary/aromatic N) is 2. The molecule has 2 aromatic heterocycles. The van der Waals surface area contributed by atoms with Gasteiger partial charge in [0.05, 0.1) is 5.69 Å². The molecular formula is C45H59IrN2O2-. The molecule has 1 aliphatic rings. The molecule has 0 unspecified atom stereocenters. The molecule has 0 spiro atoms. The SMILES string of the molecule is CC(C)Cc1cnc2c(c1)CCc1c-2ccnc1-c1[c-]c2ccccc2c(C(C)(C)C)c1.CCC(C)(CC)C(=O)/C=C(\O)C(C)(CC)CC.[Ir]. The van der Waals surface area contributed by atoms with Crippen LogP contribution >= 0.6 is 0 Å². The van der Waals surface area contributed by atoms with Crippen LogP contribution in [0.3, 0.4) is 0 Å². The fourth-order valence-corrected chi connectivity index (χ4v) is 6.70. The first-order valence-corrected chi connectivity index (χ1v) is 18.5. The number of aliphatic hydroxyl groups excluding tert-OH is 1. The minimum Gasteiger partial charge on any atom is -0.512 e. The second-order valence-electron chi connectivity index (χ2n) is 16.0. The van der Waals surface area contributed by atoms with Crippen LogP contribution in [0.2, 0.25) is 0 Å². The largest absolute Gasteiger partial charge is 0.512 e. The van der Waals surface area contributed by atoms with E-state index in [1.165, 1.54) is 39.3 Å². The number of ketones is 1. The maximum absolute atomic E-state index is 12.2. The molecule has 5 heteroatoms. The maximum atomic E-state index is 12.2. The molecule has 4 nitrogen and oxygen atoms in total. The fourth-order valence-electron chi connectivity index (χ4n) is 6.70. The Bertz CT molecular complexity index is 1810. The van der Waals surface area contributed by atoms with Gasteiger partial charge in [0.1, 0.15) is 5.76 Å². The van der Waals surface area contributed by atoms with Crippen LogP contribution in [0.15, 0.2) is 66.7 Å². The third kappa shape index (κ3) is 9.01. The van der Waals surface area contributed by atoms with Gasteiger partial charge in [0.15, 0.2) is 5.78 Å². The Balaban J connectivity index is 0.000000323. The van der Waals surface area contributed by atoms with E-state index < -0.39 is 0 Å². The summed E-state index contributed by atoms with van der Waals surface area (Å²) in [7, 11) is 0. The van der Waals surface area contributed by atoms with Gasteiger partial charge in [-0.25, -0.2) is 0 Å². The molecule has 0 amide bonds. The van der Waals surface area contributed by atoms with E-state index in [4.69, 9.17) is 9.97 Å². The normalized spacial score (nSPS) is 13.2. The number of hydrogen-bond acceptors (Lipinski definition) is 4. The molecule has 0 saturated heterocycles. The Hall–Kier alpha value is -3.14. The van der Waals surface area contributed by atoms with Gasteiger partial charge < -0.3 is 5.11 Å². The smallest absolute Gasteiger partial charge is 0.164 e. The topological polar surface area (TPSA) is 63.1 Å². The zero-order chi connectivity index (χ0) is 36.1. The van der Waals surface area contributed by atoms with E-state index >= 15 is 0 Å². The molecule has 271 valence electrons. The van der Waals surface area contributed by atoms with Crippen LogP contribution in [-0.4, -0.2) is 20.9 Å². The predicted octanol–water partition coefficient (Wildman–Crippen LogP) is 12.0. The first-order valence-electron chi connectivity index (χ1n) is 18.5. The molecule has 1 radical (unpaired) electrons. The number of carbonyl (C=O) groups is 1. The molecule has 0 fully saturated rings. The minimum absolute atomic E-state index is 0. The van der Waals surface area contributed by atoms with Crippen LogP contribution in [-0.2, 0) is 49.6 Å². The number of carbonyl (C=O) groups excluding carboxylic acids is 1. The Kier molecular flexibility index (Phi) is 14.0. The average Bonchev–Trinajstić information content (AvgIpc) is 3.09. The van der Waals surface area contributed by atoms with Gasteiger partial charge >= 0.3 is 0 Å². The van der Waals surface area contributed by atoms with E-state index in [9.17, 15) is 9.90 Å². The van der Waals surface area contributed by atoms with Gasteiger partial charge in [0.2, 0.25) is 0 Å². The Labute approximate surface area is 316 Å². The molecular weight excluding hydrogens is 793 g/mol. The molecule has 2 heterocycles. The number of hydrogen-bond donors (Lipinski definition) is 1. The Morgan fingerprint density at radius 1 is 0.880 bits per heavy atom. The number of aliphatic hydroxyl groups is 1. The summed E-state index contributed by atoms with van der Waals surface area (Å²) in [5.41, 5.74) is 9.28. The molecule has 4 aromatic rings. The zero-order valence-corrected chi connectivity index (χ0v) is 34.8. The Morgan fingerprint density at radius 2 is 1.52 bits per heavy atom. The van der Waals surface area contributed by atoms with E-state index in [1.54, 1.807) is 0 Å². The van der Waals surface area contributed by atoms with Gasteiger partial charge in [-0.2, -0.15) is 0 Å². The second kappa shape index (κ2) is 16.9. The summed E-state index contributed by atoms with van der Waals surface area (Å²) >= 11 is 0. The maximum Gasteiger partial charge on any atom is 0.164 e. The quantitative estimate of drug-likeness (QED) is 0.0981. The summed E-state index contributed by atoms with van der Waals surface area (Å²) in [5, 5.41) is 12.6. The van der Waals surface area contributed by atoms with Crippen molar-refractivity contribution < 1.29 is 30.0 Å². The standard InChI is InChI=1S/C30H31N2.C15H28O2.Ir/c1-19(2)14-20-15-22-10-11-25-26(28(22)32-18-20)12-13-31-29(25)23-16-21-8-6-7-9-24(21)27(17-23)30(3,4)5;1-7-14(5,8-2)12(16)11-13(17)15(6,9-3)10-4;/h6-9,12-13,15,17-19H,10-11,14H2,1-5H3;11,16H,7-10H2,1-6H3;/q-1;;/b;12-11-;. The van der Waals surface area contributed by atoms with Crippen molar-refractivity contribution in [1.82, 2.24) is 9.97 Å². The monoisotopic (exact) mass is 852 g/mol. The summed E-state index contributed by atoms with van der Waals surface area (Å²) in [6.45, 7) is 23.4. The van der Waals surface area contributed by atoms with Gasteiger partial charge in [-0.15, -0.1) is 29.1 Å².